The molecule has 0 aromatic heterocycles. The molecular weight excluding hydrogens is 417 g/mol. The molecule has 1 saturated carbocycles. The quantitative estimate of drug-likeness (QED) is 0.346. The normalized spacial score (nSPS) is 15.4. The van der Waals surface area contributed by atoms with E-state index in [2.05, 4.69) is 17.2 Å². The van der Waals surface area contributed by atoms with Crippen LogP contribution in [0.4, 0.5) is 0 Å². The Balaban J connectivity index is 0.00000288. The van der Waals surface area contributed by atoms with Gasteiger partial charge in [0.05, 0.1) is 14.2 Å². The van der Waals surface area contributed by atoms with Gasteiger partial charge in [0.15, 0.2) is 17.5 Å². The summed E-state index contributed by atoms with van der Waals surface area (Å²) in [5.41, 5.74) is 7.59. The van der Waals surface area contributed by atoms with Crippen LogP contribution in [0.5, 0.6) is 11.5 Å². The lowest BCUT2D eigenvalue weighted by molar-refractivity contribution is 0.354. The highest BCUT2D eigenvalue weighted by molar-refractivity contribution is 14.0. The zero-order chi connectivity index (χ0) is 16.7. The molecule has 3 N–H and O–H groups in total. The number of nitrogens with one attached hydrogen (secondary N) is 1. The van der Waals surface area contributed by atoms with E-state index in [9.17, 15) is 0 Å². The average molecular weight is 447 g/mol. The second kappa shape index (κ2) is 9.96. The number of halogens is 1. The van der Waals surface area contributed by atoms with Crippen molar-refractivity contribution >= 4 is 29.9 Å². The summed E-state index contributed by atoms with van der Waals surface area (Å²) in [6.45, 7) is 3.84. The zero-order valence-corrected chi connectivity index (χ0v) is 17.3. The fraction of sp³-hybridized carbons (Fsp3) is 0.611. The first-order valence-electron chi connectivity index (χ1n) is 8.37. The van der Waals surface area contributed by atoms with Crippen LogP contribution in [0.3, 0.4) is 0 Å². The molecule has 0 radical (unpaired) electrons. The van der Waals surface area contributed by atoms with Crippen LogP contribution in [-0.2, 0) is 6.42 Å². The molecule has 136 valence electrons. The Morgan fingerprint density at radius 2 is 1.96 bits per heavy atom. The van der Waals surface area contributed by atoms with Crippen LogP contribution in [-0.4, -0.2) is 33.3 Å². The van der Waals surface area contributed by atoms with Crippen molar-refractivity contribution < 1.29 is 9.47 Å². The predicted octanol–water partition coefficient (Wildman–Crippen LogP) is 3.35. The van der Waals surface area contributed by atoms with Crippen LogP contribution in [0, 0.1) is 5.41 Å². The van der Waals surface area contributed by atoms with Crippen LogP contribution in [0.1, 0.15) is 38.2 Å². The molecule has 1 aromatic carbocycles. The van der Waals surface area contributed by atoms with Gasteiger partial charge in [-0.25, -0.2) is 0 Å². The third kappa shape index (κ3) is 6.03. The van der Waals surface area contributed by atoms with Crippen LogP contribution in [0.2, 0.25) is 0 Å². The van der Waals surface area contributed by atoms with E-state index in [-0.39, 0.29) is 24.0 Å². The minimum atomic E-state index is 0. The Morgan fingerprint density at radius 1 is 1.25 bits per heavy atom. The number of hydrogen-bond donors (Lipinski definition) is 2. The molecular formula is C18H30IN3O2. The molecule has 6 heteroatoms. The van der Waals surface area contributed by atoms with Crippen molar-refractivity contribution in [3.63, 3.8) is 0 Å². The number of rotatable bonds is 9. The Bertz CT molecular complexity index is 545. The van der Waals surface area contributed by atoms with Gasteiger partial charge in [-0.2, -0.15) is 0 Å². The second-order valence-corrected chi connectivity index (χ2v) is 6.32. The van der Waals surface area contributed by atoms with Gasteiger partial charge in [0.1, 0.15) is 0 Å². The standard InChI is InChI=1S/C18H29N3O2.HI/c1-4-8-18(9-10-18)13-21-17(19)20-11-7-14-5-6-15(22-2)16(12-14)23-3;/h5-6,12H,4,7-11,13H2,1-3H3,(H3,19,20,21);1H. The van der Waals surface area contributed by atoms with Crippen molar-refractivity contribution in [1.29, 1.82) is 0 Å². The molecule has 1 aliphatic rings. The van der Waals surface area contributed by atoms with E-state index in [1.807, 2.05) is 18.2 Å². The number of aliphatic imine (C=N–C) groups is 1. The van der Waals surface area contributed by atoms with Gasteiger partial charge in [-0.15, -0.1) is 24.0 Å². The smallest absolute Gasteiger partial charge is 0.188 e. The third-order valence-corrected chi connectivity index (χ3v) is 4.49. The van der Waals surface area contributed by atoms with E-state index in [0.717, 1.165) is 31.0 Å². The van der Waals surface area contributed by atoms with Crippen molar-refractivity contribution in [2.45, 2.75) is 39.0 Å². The molecule has 0 spiro atoms. The molecule has 1 aromatic rings. The van der Waals surface area contributed by atoms with E-state index in [1.165, 1.54) is 31.2 Å². The van der Waals surface area contributed by atoms with Crippen LogP contribution in [0.25, 0.3) is 0 Å². The Hall–Kier alpha value is -1.18. The summed E-state index contributed by atoms with van der Waals surface area (Å²) in [4.78, 5) is 4.51. The number of benzene rings is 1. The first-order chi connectivity index (χ1) is 11.1. The third-order valence-electron chi connectivity index (χ3n) is 4.49. The topological polar surface area (TPSA) is 68.9 Å². The minimum Gasteiger partial charge on any atom is -0.493 e. The van der Waals surface area contributed by atoms with Crippen molar-refractivity contribution in [2.24, 2.45) is 16.1 Å². The number of nitrogens with two attached hydrogens (primary N) is 1. The number of hydrogen-bond acceptors (Lipinski definition) is 3. The van der Waals surface area contributed by atoms with Gasteiger partial charge in [-0.05, 0) is 48.8 Å². The monoisotopic (exact) mass is 447 g/mol. The largest absolute Gasteiger partial charge is 0.493 e. The molecule has 0 aliphatic heterocycles. The Morgan fingerprint density at radius 3 is 2.54 bits per heavy atom. The van der Waals surface area contributed by atoms with Gasteiger partial charge < -0.3 is 20.5 Å². The highest BCUT2D eigenvalue weighted by atomic mass is 127. The summed E-state index contributed by atoms with van der Waals surface area (Å²) >= 11 is 0. The van der Waals surface area contributed by atoms with Crippen LogP contribution >= 0.6 is 24.0 Å². The highest BCUT2D eigenvalue weighted by Gasteiger charge is 2.41. The molecule has 0 atom stereocenters. The molecule has 0 heterocycles. The van der Waals surface area contributed by atoms with E-state index < -0.39 is 0 Å². The molecule has 0 saturated heterocycles. The van der Waals surface area contributed by atoms with Crippen molar-refractivity contribution in [3.05, 3.63) is 23.8 Å². The van der Waals surface area contributed by atoms with Gasteiger partial charge in [0.2, 0.25) is 0 Å². The lowest BCUT2D eigenvalue weighted by Crippen LogP contribution is -2.33. The first kappa shape index (κ1) is 20.9. The summed E-state index contributed by atoms with van der Waals surface area (Å²) in [6, 6.07) is 5.96. The summed E-state index contributed by atoms with van der Waals surface area (Å²) in [6.07, 6.45) is 5.93. The molecule has 1 aliphatic carbocycles. The first-order valence-corrected chi connectivity index (χ1v) is 8.37. The molecule has 5 nitrogen and oxygen atoms in total. The highest BCUT2D eigenvalue weighted by Crippen LogP contribution is 2.49. The molecule has 1 fully saturated rings. The maximum Gasteiger partial charge on any atom is 0.188 e. The zero-order valence-electron chi connectivity index (χ0n) is 14.9. The van der Waals surface area contributed by atoms with Gasteiger partial charge >= 0.3 is 0 Å². The summed E-state index contributed by atoms with van der Waals surface area (Å²) in [7, 11) is 3.29. The molecule has 0 amide bonds. The summed E-state index contributed by atoms with van der Waals surface area (Å²) < 4.78 is 10.6. The van der Waals surface area contributed by atoms with E-state index in [1.54, 1.807) is 14.2 Å². The second-order valence-electron chi connectivity index (χ2n) is 6.32. The number of guanidine groups is 1. The lowest BCUT2D eigenvalue weighted by Gasteiger charge is -2.12. The van der Waals surface area contributed by atoms with Crippen LogP contribution in [0.15, 0.2) is 23.2 Å². The fourth-order valence-electron chi connectivity index (χ4n) is 2.87. The van der Waals surface area contributed by atoms with Crippen LogP contribution < -0.4 is 20.5 Å². The van der Waals surface area contributed by atoms with E-state index >= 15 is 0 Å². The van der Waals surface area contributed by atoms with Gasteiger partial charge in [-0.1, -0.05) is 19.4 Å². The van der Waals surface area contributed by atoms with Crippen molar-refractivity contribution in [2.75, 3.05) is 27.3 Å². The number of methoxy groups -OCH3 is 2. The van der Waals surface area contributed by atoms with Crippen molar-refractivity contribution in [1.82, 2.24) is 5.32 Å². The van der Waals surface area contributed by atoms with Crippen molar-refractivity contribution in [3.8, 4) is 11.5 Å². The Labute approximate surface area is 162 Å². The fourth-order valence-corrected chi connectivity index (χ4v) is 2.87. The van der Waals surface area contributed by atoms with E-state index in [4.69, 9.17) is 15.2 Å². The number of ether oxygens (including phenoxy) is 2. The number of nitrogens with zero attached hydrogens (tertiary/aromatic N) is 1. The maximum atomic E-state index is 5.96. The summed E-state index contributed by atoms with van der Waals surface area (Å²) in [5.74, 6) is 2.05. The average Bonchev–Trinajstić information content (AvgIpc) is 3.33. The molecule has 24 heavy (non-hydrogen) atoms. The SMILES string of the molecule is CCCC1(CN=C(N)NCCc2ccc(OC)c(OC)c2)CC1.I. The van der Waals surface area contributed by atoms with Gasteiger partial charge in [-0.3, -0.25) is 4.99 Å². The lowest BCUT2D eigenvalue weighted by atomic mass is 10.0. The molecule has 0 unspecified atom stereocenters. The van der Waals surface area contributed by atoms with Gasteiger partial charge in [0, 0.05) is 13.1 Å². The molecule has 0 bridgehead atoms. The van der Waals surface area contributed by atoms with E-state index in [0.29, 0.717) is 11.4 Å². The summed E-state index contributed by atoms with van der Waals surface area (Å²) in [5, 5.41) is 3.20. The minimum absolute atomic E-state index is 0. The molecule has 2 rings (SSSR count). The maximum absolute atomic E-state index is 5.96. The Kier molecular flexibility index (Phi) is 8.66. The van der Waals surface area contributed by atoms with Gasteiger partial charge in [0.25, 0.3) is 0 Å². The predicted molar refractivity (Wildman–Crippen MR) is 110 cm³/mol.